The van der Waals surface area contributed by atoms with Gasteiger partial charge < -0.3 is 4.40 Å². The summed E-state index contributed by atoms with van der Waals surface area (Å²) in [6, 6.07) is 5.25. The molecule has 0 spiro atoms. The fraction of sp³-hybridized carbons (Fsp3) is 0.100. The first-order chi connectivity index (χ1) is 6.24. The zero-order valence-corrected chi connectivity index (χ0v) is 7.08. The summed E-state index contributed by atoms with van der Waals surface area (Å²) in [5.41, 5.74) is 1.30. The summed E-state index contributed by atoms with van der Waals surface area (Å²) >= 11 is 0. The fourth-order valence-electron chi connectivity index (χ4n) is 1.35. The van der Waals surface area contributed by atoms with E-state index in [1.54, 1.807) is 35.9 Å². The molecule has 0 aliphatic rings. The highest BCUT2D eigenvalue weighted by Crippen LogP contribution is 2.18. The molecular weight excluding hydrogens is 167 g/mol. The maximum absolute atomic E-state index is 13.5. The van der Waals surface area contributed by atoms with Gasteiger partial charge in [0.2, 0.25) is 0 Å². The van der Waals surface area contributed by atoms with E-state index in [1.807, 2.05) is 6.07 Å². The molecule has 3 heteroatoms. The number of nitriles is 1. The van der Waals surface area contributed by atoms with E-state index in [0.29, 0.717) is 16.6 Å². The number of rotatable bonds is 0. The lowest BCUT2D eigenvalue weighted by Crippen LogP contribution is -1.90. The topological polar surface area (TPSA) is 28.2 Å². The summed E-state index contributed by atoms with van der Waals surface area (Å²) in [4.78, 5) is 0. The molecule has 0 atom stereocenters. The highest BCUT2D eigenvalue weighted by atomic mass is 19.1. The van der Waals surface area contributed by atoms with Gasteiger partial charge in [0, 0.05) is 12.4 Å². The van der Waals surface area contributed by atoms with Gasteiger partial charge in [-0.05, 0) is 24.6 Å². The number of pyridine rings is 1. The van der Waals surface area contributed by atoms with E-state index in [9.17, 15) is 4.39 Å². The third-order valence-corrected chi connectivity index (χ3v) is 2.07. The normalized spacial score (nSPS) is 10.2. The van der Waals surface area contributed by atoms with Gasteiger partial charge in [0.15, 0.2) is 5.82 Å². The van der Waals surface area contributed by atoms with Crippen LogP contribution in [0.25, 0.3) is 5.52 Å². The Morgan fingerprint density at radius 1 is 1.38 bits per heavy atom. The van der Waals surface area contributed by atoms with Gasteiger partial charge in [-0.25, -0.2) is 4.39 Å². The van der Waals surface area contributed by atoms with Crippen molar-refractivity contribution in [1.29, 1.82) is 5.26 Å². The van der Waals surface area contributed by atoms with Crippen molar-refractivity contribution in [2.45, 2.75) is 6.92 Å². The number of fused-ring (bicyclic) bond motifs is 1. The molecule has 0 bridgehead atoms. The molecule has 13 heavy (non-hydrogen) atoms. The third-order valence-electron chi connectivity index (χ3n) is 2.07. The third kappa shape index (κ3) is 0.994. The molecule has 0 aliphatic carbocycles. The quantitative estimate of drug-likeness (QED) is 0.602. The predicted molar refractivity (Wildman–Crippen MR) is 46.8 cm³/mol. The molecule has 0 radical (unpaired) electrons. The van der Waals surface area contributed by atoms with Crippen molar-refractivity contribution in [3.05, 3.63) is 41.5 Å². The molecule has 2 aromatic heterocycles. The van der Waals surface area contributed by atoms with Crippen molar-refractivity contribution in [2.24, 2.45) is 0 Å². The first-order valence-corrected chi connectivity index (χ1v) is 3.90. The van der Waals surface area contributed by atoms with E-state index in [0.717, 1.165) is 0 Å². The molecule has 64 valence electrons. The molecular formula is C10H7FN2. The minimum Gasteiger partial charge on any atom is -0.320 e. The number of nitrogens with zero attached hydrogens (tertiary/aromatic N) is 2. The Bertz CT molecular complexity index is 505. The Labute approximate surface area is 74.8 Å². The lowest BCUT2D eigenvalue weighted by atomic mass is 10.2. The molecule has 0 aromatic carbocycles. The van der Waals surface area contributed by atoms with Crippen LogP contribution in [0.15, 0.2) is 24.5 Å². The molecule has 0 N–H and O–H groups in total. The molecule has 2 aromatic rings. The second kappa shape index (κ2) is 2.60. The van der Waals surface area contributed by atoms with Gasteiger partial charge in [-0.3, -0.25) is 0 Å². The smallest absolute Gasteiger partial charge is 0.151 e. The molecule has 2 rings (SSSR count). The summed E-state index contributed by atoms with van der Waals surface area (Å²) in [5, 5.41) is 8.71. The Morgan fingerprint density at radius 2 is 2.08 bits per heavy atom. The summed E-state index contributed by atoms with van der Waals surface area (Å²) in [7, 11) is 0. The number of hydrogen-bond acceptors (Lipinski definition) is 1. The molecule has 2 heterocycles. The van der Waals surface area contributed by atoms with Crippen LogP contribution in [0.4, 0.5) is 4.39 Å². The van der Waals surface area contributed by atoms with Gasteiger partial charge in [-0.1, -0.05) is 0 Å². The Hall–Kier alpha value is -1.82. The summed E-state index contributed by atoms with van der Waals surface area (Å²) in [5.74, 6) is -0.316. The molecule has 0 unspecified atom stereocenters. The van der Waals surface area contributed by atoms with E-state index in [2.05, 4.69) is 0 Å². The maximum atomic E-state index is 13.5. The molecule has 0 saturated carbocycles. The lowest BCUT2D eigenvalue weighted by molar-refractivity contribution is 0.623. The largest absolute Gasteiger partial charge is 0.320 e. The average molecular weight is 174 g/mol. The van der Waals surface area contributed by atoms with Crippen LogP contribution in [0.2, 0.25) is 0 Å². The van der Waals surface area contributed by atoms with Gasteiger partial charge in [0.05, 0.1) is 11.1 Å². The number of hydrogen-bond donors (Lipinski definition) is 0. The van der Waals surface area contributed by atoms with Crippen LogP contribution in [0, 0.1) is 24.1 Å². The average Bonchev–Trinajstić information content (AvgIpc) is 2.55. The van der Waals surface area contributed by atoms with Crippen molar-refractivity contribution < 1.29 is 4.39 Å². The predicted octanol–water partition coefficient (Wildman–Crippen LogP) is 2.26. The maximum Gasteiger partial charge on any atom is 0.151 e. The zero-order chi connectivity index (χ0) is 9.42. The number of aryl methyl sites for hydroxylation is 1. The van der Waals surface area contributed by atoms with Crippen molar-refractivity contribution in [3.63, 3.8) is 0 Å². The van der Waals surface area contributed by atoms with Gasteiger partial charge in [-0.2, -0.15) is 5.26 Å². The van der Waals surface area contributed by atoms with Crippen molar-refractivity contribution in [1.82, 2.24) is 4.40 Å². The number of aromatic nitrogens is 1. The lowest BCUT2D eigenvalue weighted by Gasteiger charge is -1.99. The molecule has 0 fully saturated rings. The Kier molecular flexibility index (Phi) is 1.56. The minimum absolute atomic E-state index is 0.316. The van der Waals surface area contributed by atoms with Crippen LogP contribution < -0.4 is 0 Å². The highest BCUT2D eigenvalue weighted by molar-refractivity contribution is 5.63. The van der Waals surface area contributed by atoms with E-state index in [-0.39, 0.29) is 5.82 Å². The molecule has 0 aliphatic heterocycles. The van der Waals surface area contributed by atoms with E-state index >= 15 is 0 Å². The molecule has 0 amide bonds. The second-order valence-corrected chi connectivity index (χ2v) is 2.91. The van der Waals surface area contributed by atoms with Gasteiger partial charge in [-0.15, -0.1) is 0 Å². The Morgan fingerprint density at radius 3 is 2.77 bits per heavy atom. The first-order valence-electron chi connectivity index (χ1n) is 3.90. The van der Waals surface area contributed by atoms with E-state index < -0.39 is 0 Å². The molecule has 2 nitrogen and oxygen atoms in total. The summed E-state index contributed by atoms with van der Waals surface area (Å²) in [6.45, 7) is 1.68. The second-order valence-electron chi connectivity index (χ2n) is 2.91. The SMILES string of the molecule is Cc1ccn2ccc(C#N)c2c1F. The van der Waals surface area contributed by atoms with Crippen LogP contribution in [0.3, 0.4) is 0 Å². The van der Waals surface area contributed by atoms with Gasteiger partial charge >= 0.3 is 0 Å². The van der Waals surface area contributed by atoms with E-state index in [1.165, 1.54) is 0 Å². The van der Waals surface area contributed by atoms with E-state index in [4.69, 9.17) is 5.26 Å². The van der Waals surface area contributed by atoms with Gasteiger partial charge in [0.25, 0.3) is 0 Å². The molecule has 0 saturated heterocycles. The Balaban J connectivity index is 2.95. The van der Waals surface area contributed by atoms with Crippen LogP contribution in [-0.2, 0) is 0 Å². The van der Waals surface area contributed by atoms with Crippen LogP contribution in [-0.4, -0.2) is 4.40 Å². The highest BCUT2D eigenvalue weighted by Gasteiger charge is 2.08. The fourth-order valence-corrected chi connectivity index (χ4v) is 1.35. The van der Waals surface area contributed by atoms with Gasteiger partial charge in [0.1, 0.15) is 6.07 Å². The van der Waals surface area contributed by atoms with Crippen molar-refractivity contribution in [2.75, 3.05) is 0 Å². The number of halogens is 1. The van der Waals surface area contributed by atoms with Crippen LogP contribution >= 0.6 is 0 Å². The first kappa shape index (κ1) is 7.81. The van der Waals surface area contributed by atoms with Crippen LogP contribution in [0.1, 0.15) is 11.1 Å². The summed E-state index contributed by atoms with van der Waals surface area (Å²) < 4.78 is 15.1. The van der Waals surface area contributed by atoms with Crippen molar-refractivity contribution in [3.8, 4) is 6.07 Å². The minimum atomic E-state index is -0.316. The monoisotopic (exact) mass is 174 g/mol. The summed E-state index contributed by atoms with van der Waals surface area (Å²) in [6.07, 6.45) is 3.42. The zero-order valence-electron chi connectivity index (χ0n) is 7.08. The standard InChI is InChI=1S/C10H7FN2/c1-7-2-4-13-5-3-8(6-12)10(13)9(7)11/h2-5H,1H3. The van der Waals surface area contributed by atoms with Crippen molar-refractivity contribution >= 4 is 5.52 Å². The van der Waals surface area contributed by atoms with Crippen LogP contribution in [0.5, 0.6) is 0 Å².